The van der Waals surface area contributed by atoms with Gasteiger partial charge in [-0.1, -0.05) is 24.3 Å². The molecule has 0 atom stereocenters. The molecule has 0 saturated carbocycles. The molecule has 1 saturated heterocycles. The largest absolute Gasteiger partial charge is 0.348 e. The highest BCUT2D eigenvalue weighted by Crippen LogP contribution is 2.19. The minimum atomic E-state index is -0.0359. The lowest BCUT2D eigenvalue weighted by Gasteiger charge is -2.17. The lowest BCUT2D eigenvalue weighted by Crippen LogP contribution is -2.25. The molecule has 4 nitrogen and oxygen atoms in total. The molecule has 25 heavy (non-hydrogen) atoms. The number of likely N-dealkylation sites (tertiary alicyclic amines) is 1. The topological polar surface area (TPSA) is 45.2 Å². The zero-order valence-electron chi connectivity index (χ0n) is 14.1. The first-order chi connectivity index (χ1) is 12.3. The fourth-order valence-corrected chi connectivity index (χ4v) is 4.06. The van der Waals surface area contributed by atoms with Gasteiger partial charge in [-0.05, 0) is 55.3 Å². The quantitative estimate of drug-likeness (QED) is 0.760. The summed E-state index contributed by atoms with van der Waals surface area (Å²) in [5, 5.41) is 3.06. The molecule has 0 bridgehead atoms. The van der Waals surface area contributed by atoms with Crippen LogP contribution in [-0.2, 0) is 13.1 Å². The molecular formula is C20H21N3OS. The van der Waals surface area contributed by atoms with E-state index in [4.69, 9.17) is 0 Å². The molecule has 3 aromatic rings. The first kappa shape index (κ1) is 16.2. The summed E-state index contributed by atoms with van der Waals surface area (Å²) >= 11 is 1.56. The second-order valence-corrected chi connectivity index (χ2v) is 7.36. The van der Waals surface area contributed by atoms with Crippen molar-refractivity contribution >= 4 is 27.5 Å². The van der Waals surface area contributed by atoms with Crippen molar-refractivity contribution in [3.8, 4) is 0 Å². The third-order valence-corrected chi connectivity index (χ3v) is 5.54. The van der Waals surface area contributed by atoms with Crippen molar-refractivity contribution in [1.82, 2.24) is 15.2 Å². The van der Waals surface area contributed by atoms with Gasteiger partial charge in [0, 0.05) is 18.7 Å². The van der Waals surface area contributed by atoms with Gasteiger partial charge in [-0.25, -0.2) is 4.98 Å². The summed E-state index contributed by atoms with van der Waals surface area (Å²) in [5.74, 6) is -0.0359. The second kappa shape index (κ2) is 7.33. The summed E-state index contributed by atoms with van der Waals surface area (Å²) < 4.78 is 1.04. The normalized spacial score (nSPS) is 14.9. The molecule has 1 aliphatic rings. The first-order valence-electron chi connectivity index (χ1n) is 8.70. The highest BCUT2D eigenvalue weighted by molar-refractivity contribution is 7.16. The van der Waals surface area contributed by atoms with Crippen molar-refractivity contribution in [3.05, 3.63) is 64.7 Å². The van der Waals surface area contributed by atoms with Gasteiger partial charge in [0.05, 0.1) is 15.7 Å². The van der Waals surface area contributed by atoms with Crippen LogP contribution < -0.4 is 5.32 Å². The van der Waals surface area contributed by atoms with E-state index in [9.17, 15) is 4.79 Å². The SMILES string of the molecule is O=C(NCc1ccccc1CN1CCCC1)c1ccc2ncsc2c1. The van der Waals surface area contributed by atoms with Crippen LogP contribution in [0.1, 0.15) is 34.3 Å². The van der Waals surface area contributed by atoms with Crippen molar-refractivity contribution in [2.75, 3.05) is 13.1 Å². The van der Waals surface area contributed by atoms with Crippen LogP contribution in [0.5, 0.6) is 0 Å². The van der Waals surface area contributed by atoms with Crippen molar-refractivity contribution in [3.63, 3.8) is 0 Å². The number of amides is 1. The molecule has 1 N–H and O–H groups in total. The lowest BCUT2D eigenvalue weighted by molar-refractivity contribution is 0.0951. The molecule has 0 unspecified atom stereocenters. The molecular weight excluding hydrogens is 330 g/mol. The van der Waals surface area contributed by atoms with E-state index in [0.717, 1.165) is 16.8 Å². The number of hydrogen-bond acceptors (Lipinski definition) is 4. The molecule has 1 amide bonds. The van der Waals surface area contributed by atoms with E-state index in [1.54, 1.807) is 16.8 Å². The number of rotatable bonds is 5. The van der Waals surface area contributed by atoms with Gasteiger partial charge in [0.25, 0.3) is 5.91 Å². The molecule has 0 radical (unpaired) electrons. The van der Waals surface area contributed by atoms with Gasteiger partial charge in [0.1, 0.15) is 0 Å². The Morgan fingerprint density at radius 1 is 1.12 bits per heavy atom. The summed E-state index contributed by atoms with van der Waals surface area (Å²) in [6, 6.07) is 14.1. The van der Waals surface area contributed by atoms with Crippen LogP contribution in [-0.4, -0.2) is 28.9 Å². The summed E-state index contributed by atoms with van der Waals surface area (Å²) in [7, 11) is 0. The number of nitrogens with one attached hydrogen (secondary N) is 1. The average molecular weight is 351 g/mol. The first-order valence-corrected chi connectivity index (χ1v) is 9.58. The summed E-state index contributed by atoms with van der Waals surface area (Å²) in [5.41, 5.74) is 5.94. The van der Waals surface area contributed by atoms with Crippen LogP contribution in [0.2, 0.25) is 0 Å². The molecule has 128 valence electrons. The molecule has 1 fully saturated rings. The molecule has 0 aliphatic carbocycles. The maximum atomic E-state index is 12.5. The van der Waals surface area contributed by atoms with Crippen molar-refractivity contribution in [2.45, 2.75) is 25.9 Å². The predicted molar refractivity (Wildman–Crippen MR) is 102 cm³/mol. The second-order valence-electron chi connectivity index (χ2n) is 6.47. The predicted octanol–water partition coefficient (Wildman–Crippen LogP) is 3.82. The Bertz CT molecular complexity index is 883. The van der Waals surface area contributed by atoms with E-state index in [-0.39, 0.29) is 5.91 Å². The van der Waals surface area contributed by atoms with Gasteiger partial charge in [0.2, 0.25) is 0 Å². The number of carbonyl (C=O) groups is 1. The zero-order chi connectivity index (χ0) is 17.1. The Labute approximate surface area is 151 Å². The lowest BCUT2D eigenvalue weighted by atomic mass is 10.1. The smallest absolute Gasteiger partial charge is 0.251 e. The molecule has 2 heterocycles. The number of carbonyl (C=O) groups excluding carboxylic acids is 1. The van der Waals surface area contributed by atoms with Crippen LogP contribution in [0.15, 0.2) is 48.0 Å². The van der Waals surface area contributed by atoms with E-state index < -0.39 is 0 Å². The van der Waals surface area contributed by atoms with E-state index in [1.807, 2.05) is 24.3 Å². The Morgan fingerprint density at radius 2 is 1.92 bits per heavy atom. The number of fused-ring (bicyclic) bond motifs is 1. The number of nitrogens with zero attached hydrogens (tertiary/aromatic N) is 2. The van der Waals surface area contributed by atoms with Gasteiger partial charge < -0.3 is 5.32 Å². The summed E-state index contributed by atoms with van der Waals surface area (Å²) in [6.07, 6.45) is 2.58. The van der Waals surface area contributed by atoms with Gasteiger partial charge in [-0.2, -0.15) is 0 Å². The van der Waals surface area contributed by atoms with Crippen LogP contribution in [0.3, 0.4) is 0 Å². The maximum Gasteiger partial charge on any atom is 0.251 e. The third-order valence-electron chi connectivity index (χ3n) is 4.74. The van der Waals surface area contributed by atoms with E-state index in [2.05, 4.69) is 33.4 Å². The fraction of sp³-hybridized carbons (Fsp3) is 0.300. The van der Waals surface area contributed by atoms with Crippen molar-refractivity contribution < 1.29 is 4.79 Å². The van der Waals surface area contributed by atoms with Gasteiger partial charge in [-0.3, -0.25) is 9.69 Å². The van der Waals surface area contributed by atoms with Crippen LogP contribution >= 0.6 is 11.3 Å². The maximum absolute atomic E-state index is 12.5. The average Bonchev–Trinajstić information content (AvgIpc) is 3.31. The van der Waals surface area contributed by atoms with E-state index in [0.29, 0.717) is 12.1 Å². The van der Waals surface area contributed by atoms with Crippen LogP contribution in [0.25, 0.3) is 10.2 Å². The third kappa shape index (κ3) is 3.72. The monoisotopic (exact) mass is 351 g/mol. The Kier molecular flexibility index (Phi) is 4.76. The highest BCUT2D eigenvalue weighted by Gasteiger charge is 2.14. The molecule has 4 rings (SSSR count). The van der Waals surface area contributed by atoms with Gasteiger partial charge >= 0.3 is 0 Å². The number of benzene rings is 2. The van der Waals surface area contributed by atoms with Crippen LogP contribution in [0.4, 0.5) is 0 Å². The highest BCUT2D eigenvalue weighted by atomic mass is 32.1. The Morgan fingerprint density at radius 3 is 2.76 bits per heavy atom. The molecule has 1 aliphatic heterocycles. The standard InChI is InChI=1S/C20H21N3OS/c24-20(15-7-8-18-19(11-15)25-14-22-18)21-12-16-5-1-2-6-17(16)13-23-9-3-4-10-23/h1-2,5-8,11,14H,3-4,9-10,12-13H2,(H,21,24). The number of aromatic nitrogens is 1. The number of thiazole rings is 1. The van der Waals surface area contributed by atoms with Crippen molar-refractivity contribution in [2.24, 2.45) is 0 Å². The van der Waals surface area contributed by atoms with Gasteiger partial charge in [0.15, 0.2) is 0 Å². The fourth-order valence-electron chi connectivity index (χ4n) is 3.34. The minimum absolute atomic E-state index is 0.0359. The minimum Gasteiger partial charge on any atom is -0.348 e. The molecule has 1 aromatic heterocycles. The van der Waals surface area contributed by atoms with E-state index in [1.165, 1.54) is 37.1 Å². The number of hydrogen-bond donors (Lipinski definition) is 1. The molecule has 2 aromatic carbocycles. The summed E-state index contributed by atoms with van der Waals surface area (Å²) in [4.78, 5) is 19.2. The van der Waals surface area contributed by atoms with E-state index >= 15 is 0 Å². The van der Waals surface area contributed by atoms with Crippen molar-refractivity contribution in [1.29, 1.82) is 0 Å². The molecule has 0 spiro atoms. The zero-order valence-corrected chi connectivity index (χ0v) is 14.9. The van der Waals surface area contributed by atoms with Crippen LogP contribution in [0, 0.1) is 0 Å². The van der Waals surface area contributed by atoms with Gasteiger partial charge in [-0.15, -0.1) is 11.3 Å². The molecule has 5 heteroatoms. The Hall–Kier alpha value is -2.24. The summed E-state index contributed by atoms with van der Waals surface area (Å²) in [6.45, 7) is 3.88. The Balaban J connectivity index is 1.44.